The number of hydrogen-bond donors (Lipinski definition) is 2. The maximum atomic E-state index is 9.02. The Morgan fingerprint density at radius 2 is 2.28 bits per heavy atom. The first kappa shape index (κ1) is 12.9. The molecule has 6 nitrogen and oxygen atoms in total. The van der Waals surface area contributed by atoms with Gasteiger partial charge in [-0.15, -0.1) is 0 Å². The molecule has 0 spiro atoms. The molecule has 2 N–H and O–H groups in total. The minimum Gasteiger partial charge on any atom is -0.395 e. The van der Waals surface area contributed by atoms with Crippen LogP contribution in [0.1, 0.15) is 18.4 Å². The maximum Gasteiger partial charge on any atom is 0.228 e. The first-order valence-electron chi connectivity index (χ1n) is 5.72. The van der Waals surface area contributed by atoms with E-state index in [1.807, 2.05) is 18.0 Å². The number of halogens is 1. The van der Waals surface area contributed by atoms with Gasteiger partial charge in [0.1, 0.15) is 11.6 Å². The summed E-state index contributed by atoms with van der Waals surface area (Å²) in [6.07, 6.45) is 2.24. The Morgan fingerprint density at radius 1 is 1.56 bits per heavy atom. The van der Waals surface area contributed by atoms with Gasteiger partial charge < -0.3 is 15.3 Å². The van der Waals surface area contributed by atoms with Gasteiger partial charge in [0.25, 0.3) is 0 Å². The topological polar surface area (TPSA) is 85.1 Å². The van der Waals surface area contributed by atoms with Crippen molar-refractivity contribution in [1.29, 1.82) is 5.26 Å². The van der Waals surface area contributed by atoms with Crippen LogP contribution < -0.4 is 10.2 Å². The van der Waals surface area contributed by atoms with Crippen LogP contribution in [0.25, 0.3) is 0 Å². The van der Waals surface area contributed by atoms with Crippen molar-refractivity contribution in [2.45, 2.75) is 18.9 Å². The van der Waals surface area contributed by atoms with Gasteiger partial charge in [-0.2, -0.15) is 15.2 Å². The highest BCUT2D eigenvalue weighted by Crippen LogP contribution is 2.30. The Hall–Kier alpha value is -1.58. The lowest BCUT2D eigenvalue weighted by Crippen LogP contribution is -2.23. The van der Waals surface area contributed by atoms with Crippen LogP contribution in [0.2, 0.25) is 5.15 Å². The van der Waals surface area contributed by atoms with Gasteiger partial charge in [-0.3, -0.25) is 0 Å². The second-order valence-corrected chi connectivity index (χ2v) is 4.50. The van der Waals surface area contributed by atoms with Gasteiger partial charge >= 0.3 is 0 Å². The summed E-state index contributed by atoms with van der Waals surface area (Å²) in [5.41, 5.74) is 0.207. The Labute approximate surface area is 110 Å². The standard InChI is InChI=1S/C11H14ClN5O/c1-17(7-2-3-7)11-15-9(12)8(6-13)10(16-11)14-4-5-18/h7,18H,2-5H2,1H3,(H,14,15,16). The molecule has 0 amide bonds. The number of nitrogens with one attached hydrogen (secondary N) is 1. The van der Waals surface area contributed by atoms with Crippen molar-refractivity contribution in [1.82, 2.24) is 9.97 Å². The van der Waals surface area contributed by atoms with Crippen molar-refractivity contribution in [3.05, 3.63) is 10.7 Å². The molecule has 0 unspecified atom stereocenters. The molecule has 18 heavy (non-hydrogen) atoms. The van der Waals surface area contributed by atoms with Crippen LogP contribution in [0, 0.1) is 11.3 Å². The van der Waals surface area contributed by atoms with Crippen LogP contribution in [0.15, 0.2) is 0 Å². The molecule has 0 aromatic carbocycles. The molecule has 1 fully saturated rings. The van der Waals surface area contributed by atoms with E-state index in [1.165, 1.54) is 0 Å². The smallest absolute Gasteiger partial charge is 0.228 e. The van der Waals surface area contributed by atoms with E-state index in [0.717, 1.165) is 12.8 Å². The second kappa shape index (κ2) is 5.38. The molecular formula is C11H14ClN5O. The molecule has 0 saturated heterocycles. The highest BCUT2D eigenvalue weighted by Gasteiger charge is 2.29. The zero-order valence-corrected chi connectivity index (χ0v) is 10.8. The molecule has 7 heteroatoms. The highest BCUT2D eigenvalue weighted by atomic mass is 35.5. The second-order valence-electron chi connectivity index (χ2n) is 4.14. The molecular weight excluding hydrogens is 254 g/mol. The fraction of sp³-hybridized carbons (Fsp3) is 0.545. The molecule has 0 aliphatic heterocycles. The number of rotatable bonds is 5. The van der Waals surface area contributed by atoms with Gasteiger partial charge in [-0.1, -0.05) is 11.6 Å². The summed E-state index contributed by atoms with van der Waals surface area (Å²) in [4.78, 5) is 10.4. The molecule has 2 rings (SSSR count). The number of anilines is 2. The molecule has 0 bridgehead atoms. The molecule has 1 aromatic heterocycles. The molecule has 1 heterocycles. The van der Waals surface area contributed by atoms with E-state index in [0.29, 0.717) is 24.4 Å². The molecule has 0 radical (unpaired) electrons. The Kier molecular flexibility index (Phi) is 3.84. The molecule has 96 valence electrons. The number of nitrogens with zero attached hydrogens (tertiary/aromatic N) is 4. The van der Waals surface area contributed by atoms with E-state index >= 15 is 0 Å². The average molecular weight is 268 g/mol. The van der Waals surface area contributed by atoms with E-state index in [4.69, 9.17) is 22.0 Å². The summed E-state index contributed by atoms with van der Waals surface area (Å²) >= 11 is 5.98. The molecule has 1 saturated carbocycles. The maximum absolute atomic E-state index is 9.02. The fourth-order valence-corrected chi connectivity index (χ4v) is 1.81. The summed E-state index contributed by atoms with van der Waals surface area (Å²) in [5.74, 6) is 0.871. The molecule has 1 aromatic rings. The predicted molar refractivity (Wildman–Crippen MR) is 68.8 cm³/mol. The van der Waals surface area contributed by atoms with E-state index in [-0.39, 0.29) is 17.3 Å². The van der Waals surface area contributed by atoms with Gasteiger partial charge in [0, 0.05) is 19.6 Å². The zero-order chi connectivity index (χ0) is 13.1. The Balaban J connectivity index is 2.32. The van der Waals surface area contributed by atoms with Crippen LogP contribution in [0.5, 0.6) is 0 Å². The van der Waals surface area contributed by atoms with Crippen molar-refractivity contribution in [2.24, 2.45) is 0 Å². The van der Waals surface area contributed by atoms with Gasteiger partial charge in [0.15, 0.2) is 11.0 Å². The number of aliphatic hydroxyl groups is 1. The van der Waals surface area contributed by atoms with Gasteiger partial charge in [-0.25, -0.2) is 0 Å². The van der Waals surface area contributed by atoms with E-state index in [1.54, 1.807) is 0 Å². The Morgan fingerprint density at radius 3 is 2.83 bits per heavy atom. The van der Waals surface area contributed by atoms with Crippen LogP contribution in [-0.4, -0.2) is 41.3 Å². The van der Waals surface area contributed by atoms with Crippen molar-refractivity contribution in [2.75, 3.05) is 30.4 Å². The summed E-state index contributed by atoms with van der Waals surface area (Å²) in [7, 11) is 1.91. The number of aromatic nitrogens is 2. The lowest BCUT2D eigenvalue weighted by molar-refractivity contribution is 0.311. The third-order valence-electron chi connectivity index (χ3n) is 2.78. The molecule has 1 aliphatic carbocycles. The summed E-state index contributed by atoms with van der Waals surface area (Å²) < 4.78 is 0. The van der Waals surface area contributed by atoms with Crippen LogP contribution >= 0.6 is 11.6 Å². The minimum absolute atomic E-state index is 0.0414. The fourth-order valence-electron chi connectivity index (χ4n) is 1.61. The van der Waals surface area contributed by atoms with E-state index < -0.39 is 0 Å². The van der Waals surface area contributed by atoms with Crippen molar-refractivity contribution < 1.29 is 5.11 Å². The highest BCUT2D eigenvalue weighted by molar-refractivity contribution is 6.31. The average Bonchev–Trinajstić information content (AvgIpc) is 3.19. The summed E-state index contributed by atoms with van der Waals surface area (Å²) in [6, 6.07) is 2.42. The number of hydrogen-bond acceptors (Lipinski definition) is 6. The van der Waals surface area contributed by atoms with Gasteiger partial charge in [0.2, 0.25) is 5.95 Å². The largest absolute Gasteiger partial charge is 0.395 e. The first-order chi connectivity index (χ1) is 8.67. The lowest BCUT2D eigenvalue weighted by atomic mass is 10.3. The van der Waals surface area contributed by atoms with E-state index in [2.05, 4.69) is 15.3 Å². The quantitative estimate of drug-likeness (QED) is 0.775. The summed E-state index contributed by atoms with van der Waals surface area (Å²) in [5, 5.41) is 20.8. The van der Waals surface area contributed by atoms with Crippen LogP contribution in [0.4, 0.5) is 11.8 Å². The summed E-state index contributed by atoms with van der Waals surface area (Å²) in [6.45, 7) is 0.273. The van der Waals surface area contributed by atoms with E-state index in [9.17, 15) is 0 Å². The first-order valence-corrected chi connectivity index (χ1v) is 6.10. The minimum atomic E-state index is -0.0414. The zero-order valence-electron chi connectivity index (χ0n) is 10.0. The predicted octanol–water partition coefficient (Wildman–Crippen LogP) is 1.00. The van der Waals surface area contributed by atoms with Crippen LogP contribution in [-0.2, 0) is 0 Å². The van der Waals surface area contributed by atoms with Crippen LogP contribution in [0.3, 0.4) is 0 Å². The lowest BCUT2D eigenvalue weighted by Gasteiger charge is -2.18. The SMILES string of the molecule is CN(c1nc(Cl)c(C#N)c(NCCO)n1)C1CC1. The van der Waals surface area contributed by atoms with Crippen molar-refractivity contribution in [3.8, 4) is 6.07 Å². The van der Waals surface area contributed by atoms with Crippen molar-refractivity contribution in [3.63, 3.8) is 0 Å². The normalized spacial score (nSPS) is 14.1. The van der Waals surface area contributed by atoms with Gasteiger partial charge in [-0.05, 0) is 12.8 Å². The third-order valence-corrected chi connectivity index (χ3v) is 3.05. The molecule has 0 atom stereocenters. The third kappa shape index (κ3) is 2.63. The number of aliphatic hydroxyl groups excluding tert-OH is 1. The van der Waals surface area contributed by atoms with Crippen molar-refractivity contribution >= 4 is 23.4 Å². The number of nitriles is 1. The Bertz CT molecular complexity index is 483. The monoisotopic (exact) mass is 267 g/mol. The molecule has 1 aliphatic rings. The van der Waals surface area contributed by atoms with Gasteiger partial charge in [0.05, 0.1) is 6.61 Å².